The molecule has 1 saturated heterocycles. The van der Waals surface area contributed by atoms with Crippen molar-refractivity contribution in [1.82, 2.24) is 19.7 Å². The molecule has 2 rings (SSSR count). The van der Waals surface area contributed by atoms with E-state index >= 15 is 0 Å². The van der Waals surface area contributed by atoms with E-state index in [9.17, 15) is 0 Å². The molecule has 2 heterocycles. The van der Waals surface area contributed by atoms with Gasteiger partial charge in [-0.1, -0.05) is 0 Å². The van der Waals surface area contributed by atoms with Crippen LogP contribution in [0.15, 0.2) is 0 Å². The Morgan fingerprint density at radius 3 is 2.64 bits per heavy atom. The van der Waals surface area contributed by atoms with E-state index in [1.54, 1.807) is 4.68 Å². The molecule has 0 aliphatic carbocycles. The van der Waals surface area contributed by atoms with Gasteiger partial charge in [-0.25, -0.2) is 4.68 Å². The van der Waals surface area contributed by atoms with E-state index < -0.39 is 0 Å². The topological polar surface area (TPSA) is 60.0 Å². The second-order valence-corrected chi connectivity index (χ2v) is 3.81. The lowest BCUT2D eigenvalue weighted by atomic mass is 10.4. The van der Waals surface area contributed by atoms with Gasteiger partial charge in [0.2, 0.25) is 5.95 Å². The molecule has 5 nitrogen and oxygen atoms in total. The van der Waals surface area contributed by atoms with Crippen molar-refractivity contribution in [2.24, 2.45) is 7.05 Å². The Balaban J connectivity index is 1.85. The Hall–Kier alpha value is -1.10. The largest absolute Gasteiger partial charge is 0.368 e. The van der Waals surface area contributed by atoms with Crippen molar-refractivity contribution in [3.05, 3.63) is 5.82 Å². The van der Waals surface area contributed by atoms with Crippen molar-refractivity contribution in [3.8, 4) is 0 Å². The molecular weight excluding hydrogens is 178 g/mol. The quantitative estimate of drug-likeness (QED) is 0.739. The number of hydrogen-bond acceptors (Lipinski definition) is 4. The highest BCUT2D eigenvalue weighted by Crippen LogP contribution is 2.08. The number of nitrogens with two attached hydrogens (primary N) is 1. The first kappa shape index (κ1) is 9.45. The summed E-state index contributed by atoms with van der Waals surface area (Å²) in [6, 6.07) is 0. The summed E-state index contributed by atoms with van der Waals surface area (Å²) in [4.78, 5) is 6.63. The van der Waals surface area contributed by atoms with Gasteiger partial charge in [0.1, 0.15) is 0 Å². The van der Waals surface area contributed by atoms with Crippen LogP contribution in [0.25, 0.3) is 0 Å². The van der Waals surface area contributed by atoms with E-state index in [1.165, 1.54) is 25.9 Å². The van der Waals surface area contributed by atoms with E-state index in [0.29, 0.717) is 5.95 Å². The molecule has 0 atom stereocenters. The van der Waals surface area contributed by atoms with Crippen molar-refractivity contribution in [1.29, 1.82) is 0 Å². The summed E-state index contributed by atoms with van der Waals surface area (Å²) in [7, 11) is 1.82. The summed E-state index contributed by atoms with van der Waals surface area (Å²) in [5.74, 6) is 1.36. The van der Waals surface area contributed by atoms with Gasteiger partial charge in [-0.05, 0) is 25.9 Å². The number of anilines is 1. The van der Waals surface area contributed by atoms with Crippen LogP contribution >= 0.6 is 0 Å². The van der Waals surface area contributed by atoms with Crippen molar-refractivity contribution in [2.75, 3.05) is 25.4 Å². The third-order valence-corrected chi connectivity index (χ3v) is 2.69. The molecule has 0 radical (unpaired) electrons. The van der Waals surface area contributed by atoms with Gasteiger partial charge in [-0.15, -0.1) is 0 Å². The van der Waals surface area contributed by atoms with Gasteiger partial charge < -0.3 is 10.6 Å². The smallest absolute Gasteiger partial charge is 0.218 e. The van der Waals surface area contributed by atoms with E-state index in [4.69, 9.17) is 5.73 Å². The van der Waals surface area contributed by atoms with Crippen LogP contribution in [0.5, 0.6) is 0 Å². The summed E-state index contributed by atoms with van der Waals surface area (Å²) in [6.45, 7) is 3.51. The summed E-state index contributed by atoms with van der Waals surface area (Å²) < 4.78 is 1.62. The molecule has 0 amide bonds. The number of nitrogens with zero attached hydrogens (tertiary/aromatic N) is 4. The molecule has 0 unspecified atom stereocenters. The number of likely N-dealkylation sites (tertiary alicyclic amines) is 1. The van der Waals surface area contributed by atoms with Crippen LogP contribution in [0.3, 0.4) is 0 Å². The lowest BCUT2D eigenvalue weighted by molar-refractivity contribution is 0.340. The monoisotopic (exact) mass is 195 g/mol. The van der Waals surface area contributed by atoms with Crippen LogP contribution in [0.1, 0.15) is 18.7 Å². The molecule has 0 spiro atoms. The fourth-order valence-corrected chi connectivity index (χ4v) is 1.82. The summed E-state index contributed by atoms with van der Waals surface area (Å²) in [6.07, 6.45) is 3.57. The molecular formula is C9H17N5. The van der Waals surface area contributed by atoms with Gasteiger partial charge in [0.25, 0.3) is 0 Å². The minimum absolute atomic E-state index is 0.501. The van der Waals surface area contributed by atoms with Gasteiger partial charge in [0.05, 0.1) is 0 Å². The highest BCUT2D eigenvalue weighted by Gasteiger charge is 2.12. The van der Waals surface area contributed by atoms with E-state index in [0.717, 1.165) is 18.8 Å². The van der Waals surface area contributed by atoms with E-state index in [1.807, 2.05) is 7.05 Å². The molecule has 5 heteroatoms. The number of rotatable bonds is 3. The minimum atomic E-state index is 0.501. The highest BCUT2D eigenvalue weighted by molar-refractivity contribution is 5.15. The maximum atomic E-state index is 5.60. The van der Waals surface area contributed by atoms with Gasteiger partial charge >= 0.3 is 0 Å². The zero-order valence-electron chi connectivity index (χ0n) is 8.61. The fourth-order valence-electron chi connectivity index (χ4n) is 1.82. The standard InChI is InChI=1S/C9H17N5/c1-13-9(10)11-8(12-13)4-7-14-5-2-3-6-14/h2-7H2,1H3,(H2,10,11,12). The normalized spacial score (nSPS) is 17.8. The summed E-state index contributed by atoms with van der Waals surface area (Å²) in [5, 5.41) is 4.23. The van der Waals surface area contributed by atoms with Crippen molar-refractivity contribution >= 4 is 5.95 Å². The lowest BCUT2D eigenvalue weighted by Gasteiger charge is -2.12. The summed E-state index contributed by atoms with van der Waals surface area (Å²) >= 11 is 0. The third kappa shape index (κ3) is 2.04. The maximum Gasteiger partial charge on any atom is 0.218 e. The van der Waals surface area contributed by atoms with Crippen LogP contribution in [-0.2, 0) is 13.5 Å². The molecule has 0 bridgehead atoms. The molecule has 78 valence electrons. The van der Waals surface area contributed by atoms with Gasteiger partial charge in [0.15, 0.2) is 5.82 Å². The zero-order valence-corrected chi connectivity index (χ0v) is 8.61. The molecule has 1 aliphatic heterocycles. The molecule has 1 fully saturated rings. The predicted octanol–water partition coefficient (Wildman–Crippen LogP) is 0.0356. The van der Waals surface area contributed by atoms with Crippen LogP contribution in [0.2, 0.25) is 0 Å². The van der Waals surface area contributed by atoms with Gasteiger partial charge in [-0.2, -0.15) is 10.1 Å². The van der Waals surface area contributed by atoms with Crippen LogP contribution < -0.4 is 5.73 Å². The predicted molar refractivity (Wildman–Crippen MR) is 54.8 cm³/mol. The summed E-state index contributed by atoms with van der Waals surface area (Å²) in [5.41, 5.74) is 5.60. The Bertz CT molecular complexity index is 281. The Morgan fingerprint density at radius 1 is 1.36 bits per heavy atom. The Kier molecular flexibility index (Phi) is 2.67. The van der Waals surface area contributed by atoms with E-state index in [-0.39, 0.29) is 0 Å². The zero-order chi connectivity index (χ0) is 9.97. The number of nitrogen functional groups attached to an aromatic ring is 1. The first-order chi connectivity index (χ1) is 6.75. The number of aryl methyl sites for hydroxylation is 1. The molecule has 1 aliphatic rings. The second kappa shape index (κ2) is 3.96. The molecule has 2 N–H and O–H groups in total. The number of hydrogen-bond donors (Lipinski definition) is 1. The van der Waals surface area contributed by atoms with Crippen LogP contribution in [0, 0.1) is 0 Å². The van der Waals surface area contributed by atoms with Gasteiger partial charge in [-0.3, -0.25) is 0 Å². The Morgan fingerprint density at radius 2 is 2.07 bits per heavy atom. The molecule has 14 heavy (non-hydrogen) atoms. The third-order valence-electron chi connectivity index (χ3n) is 2.69. The maximum absolute atomic E-state index is 5.60. The SMILES string of the molecule is Cn1nc(CCN2CCCC2)nc1N. The number of aromatic nitrogens is 3. The van der Waals surface area contributed by atoms with Crippen molar-refractivity contribution < 1.29 is 0 Å². The van der Waals surface area contributed by atoms with Gasteiger partial charge in [0, 0.05) is 20.0 Å². The first-order valence-corrected chi connectivity index (χ1v) is 5.13. The van der Waals surface area contributed by atoms with Crippen LogP contribution in [-0.4, -0.2) is 39.3 Å². The molecule has 1 aromatic rings. The fraction of sp³-hybridized carbons (Fsp3) is 0.778. The lowest BCUT2D eigenvalue weighted by Crippen LogP contribution is -2.22. The Labute approximate surface area is 83.9 Å². The van der Waals surface area contributed by atoms with E-state index in [2.05, 4.69) is 15.0 Å². The minimum Gasteiger partial charge on any atom is -0.368 e. The average molecular weight is 195 g/mol. The molecule has 0 aromatic carbocycles. The van der Waals surface area contributed by atoms with Crippen LogP contribution in [0.4, 0.5) is 5.95 Å². The van der Waals surface area contributed by atoms with Crippen molar-refractivity contribution in [3.63, 3.8) is 0 Å². The molecule has 1 aromatic heterocycles. The molecule has 0 saturated carbocycles. The first-order valence-electron chi connectivity index (χ1n) is 5.13. The second-order valence-electron chi connectivity index (χ2n) is 3.81. The average Bonchev–Trinajstić information content (AvgIpc) is 2.74. The van der Waals surface area contributed by atoms with Crippen molar-refractivity contribution in [2.45, 2.75) is 19.3 Å². The highest BCUT2D eigenvalue weighted by atomic mass is 15.4.